The van der Waals surface area contributed by atoms with E-state index in [-0.39, 0.29) is 5.82 Å². The predicted molar refractivity (Wildman–Crippen MR) is 71.9 cm³/mol. The van der Waals surface area contributed by atoms with Gasteiger partial charge in [0.05, 0.1) is 15.5 Å². The first kappa shape index (κ1) is 12.6. The van der Waals surface area contributed by atoms with Gasteiger partial charge in [-0.15, -0.1) is 11.6 Å². The van der Waals surface area contributed by atoms with E-state index in [9.17, 15) is 4.39 Å². The van der Waals surface area contributed by atoms with E-state index in [1.54, 1.807) is 6.07 Å². The number of rotatable bonds is 3. The molecule has 0 N–H and O–H groups in total. The van der Waals surface area contributed by atoms with E-state index in [1.807, 2.05) is 23.8 Å². The van der Waals surface area contributed by atoms with Crippen molar-refractivity contribution in [1.29, 1.82) is 0 Å². The van der Waals surface area contributed by atoms with Crippen molar-refractivity contribution in [2.75, 3.05) is 25.0 Å². The van der Waals surface area contributed by atoms with Crippen molar-refractivity contribution in [1.82, 2.24) is 9.66 Å². The molecule has 0 aliphatic rings. The number of halogens is 3. The predicted octanol–water partition coefficient (Wildman–Crippen LogP) is 2.92. The van der Waals surface area contributed by atoms with Crippen LogP contribution < -0.4 is 5.01 Å². The van der Waals surface area contributed by atoms with E-state index >= 15 is 0 Å². The molecule has 0 saturated heterocycles. The molecule has 1 heterocycles. The average Bonchev–Trinajstić information content (AvgIpc) is 2.57. The Labute approximate surface area is 112 Å². The topological polar surface area (TPSA) is 21.1 Å². The van der Waals surface area contributed by atoms with Crippen molar-refractivity contribution < 1.29 is 4.39 Å². The maximum atomic E-state index is 13.6. The normalized spacial score (nSPS) is 11.1. The Hall–Kier alpha value is -0.810. The van der Waals surface area contributed by atoms with Gasteiger partial charge in [-0.3, -0.25) is 0 Å². The van der Waals surface area contributed by atoms with Gasteiger partial charge in [0.1, 0.15) is 11.6 Å². The highest BCUT2D eigenvalue weighted by atomic mass is 79.9. The number of nitrogens with zero attached hydrogens (tertiary/aromatic N) is 3. The first-order chi connectivity index (χ1) is 8.04. The fraction of sp³-hybridized carbons (Fsp3) is 0.364. The molecule has 0 spiro atoms. The number of alkyl halides is 1. The summed E-state index contributed by atoms with van der Waals surface area (Å²) in [6.07, 6.45) is 0.646. The van der Waals surface area contributed by atoms with Crippen LogP contribution in [0, 0.1) is 5.82 Å². The van der Waals surface area contributed by atoms with Crippen LogP contribution in [-0.4, -0.2) is 29.6 Å². The van der Waals surface area contributed by atoms with E-state index in [2.05, 4.69) is 20.9 Å². The van der Waals surface area contributed by atoms with Crippen LogP contribution in [0.1, 0.15) is 5.82 Å². The maximum absolute atomic E-state index is 13.6. The van der Waals surface area contributed by atoms with Crippen molar-refractivity contribution in [2.24, 2.45) is 0 Å². The Balaban J connectivity index is 2.71. The molecule has 0 aliphatic carbocycles. The molecule has 17 heavy (non-hydrogen) atoms. The summed E-state index contributed by atoms with van der Waals surface area (Å²) in [5, 5.41) is 1.87. The van der Waals surface area contributed by atoms with Gasteiger partial charge < -0.3 is 5.01 Å². The highest BCUT2D eigenvalue weighted by Crippen LogP contribution is 2.24. The summed E-state index contributed by atoms with van der Waals surface area (Å²) in [5.41, 5.74) is 1.50. The lowest BCUT2D eigenvalue weighted by Crippen LogP contribution is -2.27. The van der Waals surface area contributed by atoms with Gasteiger partial charge in [0.25, 0.3) is 0 Å². The molecule has 92 valence electrons. The third-order valence-corrected chi connectivity index (χ3v) is 3.25. The molecule has 2 rings (SSSR count). The number of aromatic nitrogens is 2. The molecule has 0 unspecified atom stereocenters. The van der Waals surface area contributed by atoms with Crippen LogP contribution in [0.3, 0.4) is 0 Å². The van der Waals surface area contributed by atoms with E-state index in [0.29, 0.717) is 16.8 Å². The standard InChI is InChI=1S/C11H12BrClFN3/c1-16(2)17-10-6-8(14)7(12)5-9(10)15-11(17)3-4-13/h5-6H,3-4H2,1-2H3. The maximum Gasteiger partial charge on any atom is 0.139 e. The number of hydrogen-bond acceptors (Lipinski definition) is 2. The fourth-order valence-electron chi connectivity index (χ4n) is 1.80. The first-order valence-corrected chi connectivity index (χ1v) is 6.47. The van der Waals surface area contributed by atoms with Crippen LogP contribution in [0.15, 0.2) is 16.6 Å². The van der Waals surface area contributed by atoms with Crippen molar-refractivity contribution in [3.05, 3.63) is 28.2 Å². The third-order valence-electron chi connectivity index (χ3n) is 2.46. The van der Waals surface area contributed by atoms with Gasteiger partial charge in [-0.25, -0.2) is 14.1 Å². The van der Waals surface area contributed by atoms with Crippen molar-refractivity contribution in [3.8, 4) is 0 Å². The molecule has 0 amide bonds. The molecule has 2 aromatic rings. The second-order valence-corrected chi connectivity index (χ2v) is 5.11. The van der Waals surface area contributed by atoms with Gasteiger partial charge in [0.2, 0.25) is 0 Å². The van der Waals surface area contributed by atoms with Gasteiger partial charge in [0, 0.05) is 32.5 Å². The van der Waals surface area contributed by atoms with Crippen LogP contribution in [0.2, 0.25) is 0 Å². The Morgan fingerprint density at radius 1 is 1.47 bits per heavy atom. The van der Waals surface area contributed by atoms with Crippen LogP contribution in [0.5, 0.6) is 0 Å². The minimum atomic E-state index is -0.294. The van der Waals surface area contributed by atoms with Gasteiger partial charge in [-0.05, 0) is 22.0 Å². The second-order valence-electron chi connectivity index (χ2n) is 3.88. The number of aryl methyl sites for hydroxylation is 1. The smallest absolute Gasteiger partial charge is 0.139 e. The number of benzene rings is 1. The Morgan fingerprint density at radius 2 is 2.18 bits per heavy atom. The minimum absolute atomic E-state index is 0.294. The summed E-state index contributed by atoms with van der Waals surface area (Å²) in [5.74, 6) is 1.02. The van der Waals surface area contributed by atoms with E-state index < -0.39 is 0 Å². The molecule has 0 saturated carbocycles. The molecule has 0 atom stereocenters. The molecule has 1 aromatic carbocycles. The summed E-state index contributed by atoms with van der Waals surface area (Å²) in [6, 6.07) is 3.16. The van der Waals surface area contributed by atoms with E-state index in [4.69, 9.17) is 11.6 Å². The van der Waals surface area contributed by atoms with Crippen LogP contribution >= 0.6 is 27.5 Å². The lowest BCUT2D eigenvalue weighted by atomic mass is 10.3. The largest absolute Gasteiger partial charge is 0.317 e. The third kappa shape index (κ3) is 2.26. The Bertz CT molecular complexity index is 553. The highest BCUT2D eigenvalue weighted by Gasteiger charge is 2.14. The SMILES string of the molecule is CN(C)n1c(CCCl)nc2cc(Br)c(F)cc21. The van der Waals surface area contributed by atoms with E-state index in [0.717, 1.165) is 16.9 Å². The quantitative estimate of drug-likeness (QED) is 0.811. The Morgan fingerprint density at radius 3 is 2.76 bits per heavy atom. The van der Waals surface area contributed by atoms with Gasteiger partial charge in [0.15, 0.2) is 0 Å². The van der Waals surface area contributed by atoms with Gasteiger partial charge >= 0.3 is 0 Å². The molecule has 0 aliphatic heterocycles. The zero-order valence-electron chi connectivity index (χ0n) is 9.54. The monoisotopic (exact) mass is 319 g/mol. The minimum Gasteiger partial charge on any atom is -0.317 e. The summed E-state index contributed by atoms with van der Waals surface area (Å²) < 4.78 is 15.8. The summed E-state index contributed by atoms with van der Waals surface area (Å²) in [6.45, 7) is 0. The number of fused-ring (bicyclic) bond motifs is 1. The molecule has 3 nitrogen and oxygen atoms in total. The average molecular weight is 321 g/mol. The van der Waals surface area contributed by atoms with Gasteiger partial charge in [-0.1, -0.05) is 0 Å². The molecule has 0 fully saturated rings. The van der Waals surface area contributed by atoms with Gasteiger partial charge in [-0.2, -0.15) is 0 Å². The summed E-state index contributed by atoms with van der Waals surface area (Å²) in [7, 11) is 3.78. The lowest BCUT2D eigenvalue weighted by Gasteiger charge is -2.17. The number of hydrogen-bond donors (Lipinski definition) is 0. The van der Waals surface area contributed by atoms with Crippen LogP contribution in [0.25, 0.3) is 11.0 Å². The molecule has 0 radical (unpaired) electrons. The van der Waals surface area contributed by atoms with E-state index in [1.165, 1.54) is 6.07 Å². The molecule has 1 aromatic heterocycles. The van der Waals surface area contributed by atoms with Crippen molar-refractivity contribution in [2.45, 2.75) is 6.42 Å². The fourth-order valence-corrected chi connectivity index (χ4v) is 2.30. The molecular weight excluding hydrogens is 308 g/mol. The zero-order valence-corrected chi connectivity index (χ0v) is 11.9. The van der Waals surface area contributed by atoms with Crippen molar-refractivity contribution >= 4 is 38.6 Å². The molecule has 0 bridgehead atoms. The Kier molecular flexibility index (Phi) is 3.58. The number of imidazole rings is 1. The highest BCUT2D eigenvalue weighted by molar-refractivity contribution is 9.10. The summed E-state index contributed by atoms with van der Waals surface area (Å²) >= 11 is 8.91. The van der Waals surface area contributed by atoms with Crippen molar-refractivity contribution in [3.63, 3.8) is 0 Å². The lowest BCUT2D eigenvalue weighted by molar-refractivity contribution is 0.621. The zero-order chi connectivity index (χ0) is 12.6. The second kappa shape index (κ2) is 4.82. The summed E-state index contributed by atoms with van der Waals surface area (Å²) in [4.78, 5) is 4.47. The van der Waals surface area contributed by atoms with Crippen LogP contribution in [0.4, 0.5) is 4.39 Å². The molecule has 6 heteroatoms. The first-order valence-electron chi connectivity index (χ1n) is 5.14. The van der Waals surface area contributed by atoms with Crippen LogP contribution in [-0.2, 0) is 6.42 Å². The molecular formula is C11H12BrClFN3.